The summed E-state index contributed by atoms with van der Waals surface area (Å²) in [5.74, 6) is 1.12. The molecule has 0 bridgehead atoms. The van der Waals surface area contributed by atoms with Gasteiger partial charge >= 0.3 is 5.97 Å². The second-order valence-corrected chi connectivity index (χ2v) is 12.5. The van der Waals surface area contributed by atoms with E-state index >= 15 is 0 Å². The second-order valence-electron chi connectivity index (χ2n) is 9.06. The summed E-state index contributed by atoms with van der Waals surface area (Å²) in [6.45, 7) is 1.91. The number of hydrogen-bond donors (Lipinski definition) is 0. The summed E-state index contributed by atoms with van der Waals surface area (Å²) in [5.41, 5.74) is 2.57. The number of esters is 1. The molecular weight excluding hydrogens is 782 g/mol. The van der Waals surface area contributed by atoms with Crippen LogP contribution in [-0.4, -0.2) is 38.5 Å². The van der Waals surface area contributed by atoms with Crippen LogP contribution in [0.3, 0.4) is 0 Å². The van der Waals surface area contributed by atoms with Crippen LogP contribution in [0.4, 0.5) is 0 Å². The Bertz CT molecular complexity index is 1880. The summed E-state index contributed by atoms with van der Waals surface area (Å²) < 4.78 is 26.2. The molecule has 2 heterocycles. The Hall–Kier alpha value is -3.17. The smallest absolute Gasteiger partial charge is 0.338 e. The summed E-state index contributed by atoms with van der Waals surface area (Å²) in [4.78, 5) is 33.3. The van der Waals surface area contributed by atoms with E-state index in [0.717, 1.165) is 18.3 Å². The van der Waals surface area contributed by atoms with Crippen molar-refractivity contribution in [2.75, 3.05) is 27.9 Å². The third-order valence-electron chi connectivity index (χ3n) is 6.62. The number of nitrogens with zero attached hydrogens (tertiary/aromatic N) is 2. The van der Waals surface area contributed by atoms with Crippen molar-refractivity contribution in [2.24, 2.45) is 4.99 Å². The predicted octanol–water partition coefficient (Wildman–Crippen LogP) is 5.17. The highest BCUT2D eigenvalue weighted by Gasteiger charge is 2.35. The lowest BCUT2D eigenvalue weighted by Gasteiger charge is -2.26. The van der Waals surface area contributed by atoms with E-state index in [2.05, 4.69) is 45.2 Å². The van der Waals surface area contributed by atoms with Crippen LogP contribution in [0.5, 0.6) is 17.2 Å². The van der Waals surface area contributed by atoms with E-state index in [0.29, 0.717) is 37.8 Å². The Balaban J connectivity index is 1.86. The molecule has 1 aromatic heterocycles. The van der Waals surface area contributed by atoms with E-state index in [-0.39, 0.29) is 17.7 Å². The molecule has 1 atom stereocenters. The zero-order chi connectivity index (χ0) is 30.0. The van der Waals surface area contributed by atoms with Gasteiger partial charge < -0.3 is 18.9 Å². The van der Waals surface area contributed by atoms with E-state index in [4.69, 9.17) is 23.9 Å². The van der Waals surface area contributed by atoms with E-state index in [1.54, 1.807) is 45.0 Å². The highest BCUT2D eigenvalue weighted by Crippen LogP contribution is 2.38. The zero-order valence-corrected chi connectivity index (χ0v) is 28.3. The largest absolute Gasteiger partial charge is 0.495 e. The number of ether oxygens (including phenoxy) is 4. The second kappa shape index (κ2) is 13.0. The Labute approximate surface area is 273 Å². The Morgan fingerprint density at radius 1 is 1.00 bits per heavy atom. The maximum atomic E-state index is 14.2. The highest BCUT2D eigenvalue weighted by atomic mass is 127. The molecule has 42 heavy (non-hydrogen) atoms. The summed E-state index contributed by atoms with van der Waals surface area (Å²) in [7, 11) is 4.71. The lowest BCUT2D eigenvalue weighted by atomic mass is 9.93. The average molecular weight is 808 g/mol. The molecule has 0 spiro atoms. The molecule has 0 radical (unpaired) electrons. The number of hydrogen-bond acceptors (Lipinski definition) is 8. The highest BCUT2D eigenvalue weighted by molar-refractivity contribution is 14.1. The van der Waals surface area contributed by atoms with E-state index in [1.165, 1.54) is 11.3 Å². The van der Waals surface area contributed by atoms with Gasteiger partial charge in [0.15, 0.2) is 16.3 Å². The number of thiazole rings is 1. The fraction of sp³-hybridized carbons (Fsp3) is 0.194. The molecule has 0 unspecified atom stereocenters. The molecular formula is C31H26I2N2O6S. The molecule has 5 rings (SSSR count). The third kappa shape index (κ3) is 5.73. The van der Waals surface area contributed by atoms with Gasteiger partial charge in [0.05, 0.1) is 53.4 Å². The van der Waals surface area contributed by atoms with Gasteiger partial charge in [0.25, 0.3) is 5.56 Å². The van der Waals surface area contributed by atoms with E-state index < -0.39 is 12.0 Å². The van der Waals surface area contributed by atoms with Crippen LogP contribution in [0.25, 0.3) is 11.8 Å². The van der Waals surface area contributed by atoms with Crippen LogP contribution in [0.15, 0.2) is 76.0 Å². The molecule has 0 fully saturated rings. The first-order chi connectivity index (χ1) is 20.3. The fourth-order valence-corrected chi connectivity index (χ4v) is 7.92. The Morgan fingerprint density at radius 3 is 2.40 bits per heavy atom. The molecule has 0 saturated heterocycles. The lowest BCUT2D eigenvalue weighted by molar-refractivity contribution is -0.138. The molecule has 216 valence electrons. The van der Waals surface area contributed by atoms with Crippen molar-refractivity contribution in [2.45, 2.75) is 13.0 Å². The summed E-state index contributed by atoms with van der Waals surface area (Å²) in [6, 6.07) is 17.9. The van der Waals surface area contributed by atoms with Crippen LogP contribution < -0.4 is 29.1 Å². The van der Waals surface area contributed by atoms with E-state index in [9.17, 15) is 9.59 Å². The number of rotatable bonds is 8. The van der Waals surface area contributed by atoms with Gasteiger partial charge in [-0.1, -0.05) is 47.7 Å². The Morgan fingerprint density at radius 2 is 1.74 bits per heavy atom. The third-order valence-corrected chi connectivity index (χ3v) is 9.03. The molecule has 0 saturated carbocycles. The van der Waals surface area contributed by atoms with Crippen LogP contribution in [0, 0.1) is 7.14 Å². The van der Waals surface area contributed by atoms with Crippen molar-refractivity contribution < 1.29 is 23.7 Å². The van der Waals surface area contributed by atoms with Crippen molar-refractivity contribution in [3.8, 4) is 17.2 Å². The minimum atomic E-state index is -0.838. The van der Waals surface area contributed by atoms with Gasteiger partial charge in [-0.2, -0.15) is 0 Å². The van der Waals surface area contributed by atoms with Gasteiger partial charge in [-0.15, -0.1) is 0 Å². The van der Waals surface area contributed by atoms with Gasteiger partial charge in [0, 0.05) is 14.7 Å². The number of methoxy groups -OCH3 is 3. The summed E-state index contributed by atoms with van der Waals surface area (Å²) >= 11 is 5.72. The number of aromatic nitrogens is 1. The van der Waals surface area contributed by atoms with Gasteiger partial charge in [0.1, 0.15) is 5.75 Å². The monoisotopic (exact) mass is 808 g/mol. The van der Waals surface area contributed by atoms with E-state index in [1.807, 2.05) is 54.6 Å². The van der Waals surface area contributed by atoms with Crippen LogP contribution in [-0.2, 0) is 9.53 Å². The quantitative estimate of drug-likeness (QED) is 0.181. The molecule has 1 aliphatic heterocycles. The van der Waals surface area contributed by atoms with Crippen molar-refractivity contribution in [1.29, 1.82) is 0 Å². The number of fused-ring (bicyclic) bond motifs is 1. The minimum absolute atomic E-state index is 0.165. The summed E-state index contributed by atoms with van der Waals surface area (Å²) in [5, 5.41) is 0. The van der Waals surface area contributed by atoms with Crippen molar-refractivity contribution in [3.63, 3.8) is 0 Å². The normalized spacial score (nSPS) is 14.7. The molecule has 0 amide bonds. The van der Waals surface area contributed by atoms with Gasteiger partial charge in [-0.3, -0.25) is 9.36 Å². The fourth-order valence-electron chi connectivity index (χ4n) is 4.82. The topological polar surface area (TPSA) is 88.4 Å². The first kappa shape index (κ1) is 30.3. The van der Waals surface area contributed by atoms with Crippen LogP contribution in [0.2, 0.25) is 0 Å². The maximum Gasteiger partial charge on any atom is 0.338 e. The molecule has 4 aromatic rings. The van der Waals surface area contributed by atoms with Crippen LogP contribution >= 0.6 is 56.5 Å². The minimum Gasteiger partial charge on any atom is -0.495 e. The first-order valence-electron chi connectivity index (χ1n) is 12.8. The van der Waals surface area contributed by atoms with Gasteiger partial charge in [0.2, 0.25) is 0 Å². The number of halogens is 2. The van der Waals surface area contributed by atoms with Gasteiger partial charge in [-0.25, -0.2) is 9.79 Å². The SMILES string of the molecule is CCOC(=O)C1=C(c2ccccc2)N=c2s/c(=C\c3cc(I)cc(I)c3OC)c(=O)n2[C@H]1c1ccc(OC)c(OC)c1. The van der Waals surface area contributed by atoms with Crippen molar-refractivity contribution in [1.82, 2.24) is 4.57 Å². The molecule has 0 aliphatic carbocycles. The van der Waals surface area contributed by atoms with Crippen molar-refractivity contribution in [3.05, 3.63) is 110 Å². The molecule has 1 aliphatic rings. The number of benzene rings is 3. The Kier molecular flexibility index (Phi) is 9.38. The molecule has 8 nitrogen and oxygen atoms in total. The predicted molar refractivity (Wildman–Crippen MR) is 179 cm³/mol. The standard InChI is InChI=1S/C31H26I2N2O6S/c1-5-41-30(37)25-26(17-9-7-6-8-10-17)34-31-35(27(25)18-11-12-22(38-2)23(14-18)39-3)29(36)24(42-31)15-19-13-20(32)16-21(33)28(19)40-4/h6-16,27H,5H2,1-4H3/b24-15-/t27-/m0/s1. The average Bonchev–Trinajstić information content (AvgIpc) is 3.30. The zero-order valence-electron chi connectivity index (χ0n) is 23.1. The molecule has 3 aromatic carbocycles. The van der Waals surface area contributed by atoms with Crippen LogP contribution in [0.1, 0.15) is 29.7 Å². The number of carbonyl (C=O) groups is 1. The van der Waals surface area contributed by atoms with Gasteiger partial charge in [-0.05, 0) is 88.0 Å². The maximum absolute atomic E-state index is 14.2. The number of carbonyl (C=O) groups excluding carboxylic acids is 1. The first-order valence-corrected chi connectivity index (χ1v) is 15.8. The molecule has 0 N–H and O–H groups in total. The molecule has 11 heteroatoms. The van der Waals surface area contributed by atoms with Crippen molar-refractivity contribution >= 4 is 74.3 Å². The lowest BCUT2D eigenvalue weighted by Crippen LogP contribution is -2.40. The summed E-state index contributed by atoms with van der Waals surface area (Å²) in [6.07, 6.45) is 1.81.